The maximum Gasteiger partial charge on any atom is 0.0464 e. The molecule has 0 radical (unpaired) electrons. The molecule has 0 saturated heterocycles. The van der Waals surface area contributed by atoms with E-state index in [1.165, 1.54) is 11.1 Å². The molecule has 28 heavy (non-hydrogen) atoms. The van der Waals surface area contributed by atoms with Crippen LogP contribution in [0, 0.1) is 0 Å². The zero-order valence-corrected chi connectivity index (χ0v) is 18.4. The molecule has 0 N–H and O–H groups in total. The molecule has 0 aliphatic heterocycles. The van der Waals surface area contributed by atoms with E-state index in [-0.39, 0.29) is 0 Å². The molecule has 0 fully saturated rings. The Labute approximate surface area is 182 Å². The first-order valence-corrected chi connectivity index (χ1v) is 10.7. The van der Waals surface area contributed by atoms with Crippen LogP contribution in [0.25, 0.3) is 0 Å². The monoisotopic (exact) mass is 491 g/mol. The molecule has 0 amide bonds. The largest absolute Gasteiger partial charge is 0.310 e. The fourth-order valence-electron chi connectivity index (χ4n) is 3.26. The second-order valence-corrected chi connectivity index (χ2v) is 8.45. The van der Waals surface area contributed by atoms with Gasteiger partial charge >= 0.3 is 0 Å². The number of hydrogen-bond acceptors (Lipinski definition) is 1. The van der Waals surface area contributed by atoms with Crippen LogP contribution in [0.1, 0.15) is 11.1 Å². The minimum absolute atomic E-state index is 0.920. The van der Waals surface area contributed by atoms with Crippen LogP contribution in [-0.2, 0) is 6.42 Å². The summed E-state index contributed by atoms with van der Waals surface area (Å²) in [5, 5.41) is 0. The Balaban J connectivity index is 1.75. The predicted molar refractivity (Wildman–Crippen MR) is 126 cm³/mol. The van der Waals surface area contributed by atoms with Gasteiger partial charge in [0.15, 0.2) is 0 Å². The Morgan fingerprint density at radius 1 is 0.500 bits per heavy atom. The smallest absolute Gasteiger partial charge is 0.0464 e. The van der Waals surface area contributed by atoms with Crippen molar-refractivity contribution in [3.05, 3.63) is 123 Å². The molecule has 3 heteroatoms. The fourth-order valence-corrected chi connectivity index (χ4v) is 3.79. The molecule has 0 bridgehead atoms. The van der Waals surface area contributed by atoms with Crippen molar-refractivity contribution >= 4 is 48.9 Å². The van der Waals surface area contributed by atoms with Crippen LogP contribution in [-0.4, -0.2) is 0 Å². The zero-order valence-electron chi connectivity index (χ0n) is 15.2. The highest BCUT2D eigenvalue weighted by molar-refractivity contribution is 9.10. The van der Waals surface area contributed by atoms with Gasteiger partial charge in [0.2, 0.25) is 0 Å². The van der Waals surface area contributed by atoms with E-state index < -0.39 is 0 Å². The van der Waals surface area contributed by atoms with E-state index in [4.69, 9.17) is 0 Å². The molecule has 0 aliphatic rings. The standard InChI is InChI=1S/C25H19Br2N/c26-21-9-13-23(14-10-21)28(24-15-11-22(27)12-16-24)25-8-4-7-20(18-25)17-19-5-2-1-3-6-19/h1-16,18H,17H2. The predicted octanol–water partition coefficient (Wildman–Crippen LogP) is 8.27. The molecule has 0 aromatic heterocycles. The lowest BCUT2D eigenvalue weighted by molar-refractivity contribution is 1.18. The molecule has 0 aliphatic carbocycles. The zero-order chi connectivity index (χ0) is 19.3. The molecule has 138 valence electrons. The summed E-state index contributed by atoms with van der Waals surface area (Å²) < 4.78 is 2.15. The van der Waals surface area contributed by atoms with E-state index in [2.05, 4.69) is 140 Å². The highest BCUT2D eigenvalue weighted by atomic mass is 79.9. The van der Waals surface area contributed by atoms with Crippen LogP contribution < -0.4 is 4.90 Å². The Morgan fingerprint density at radius 2 is 1.04 bits per heavy atom. The molecular formula is C25H19Br2N. The third kappa shape index (κ3) is 4.54. The quantitative estimate of drug-likeness (QED) is 0.271. The number of halogens is 2. The summed E-state index contributed by atoms with van der Waals surface area (Å²) in [4.78, 5) is 2.29. The first kappa shape index (κ1) is 19.0. The first-order valence-electron chi connectivity index (χ1n) is 9.13. The topological polar surface area (TPSA) is 3.24 Å². The van der Waals surface area contributed by atoms with E-state index in [0.29, 0.717) is 0 Å². The molecule has 0 heterocycles. The molecular weight excluding hydrogens is 474 g/mol. The van der Waals surface area contributed by atoms with E-state index in [1.54, 1.807) is 0 Å². The van der Waals surface area contributed by atoms with Crippen molar-refractivity contribution in [2.45, 2.75) is 6.42 Å². The minimum atomic E-state index is 0.920. The number of hydrogen-bond donors (Lipinski definition) is 0. The van der Waals surface area contributed by atoms with Crippen LogP contribution in [0.4, 0.5) is 17.1 Å². The Hall–Kier alpha value is -2.36. The summed E-state index contributed by atoms with van der Waals surface area (Å²) in [6.45, 7) is 0. The van der Waals surface area contributed by atoms with Crippen molar-refractivity contribution in [3.8, 4) is 0 Å². The fraction of sp³-hybridized carbons (Fsp3) is 0.0400. The summed E-state index contributed by atoms with van der Waals surface area (Å²) >= 11 is 7.08. The van der Waals surface area contributed by atoms with E-state index in [0.717, 1.165) is 32.4 Å². The Kier molecular flexibility index (Phi) is 5.94. The molecule has 0 unspecified atom stereocenters. The lowest BCUT2D eigenvalue weighted by Gasteiger charge is -2.26. The average Bonchev–Trinajstić information content (AvgIpc) is 2.72. The third-order valence-corrected chi connectivity index (χ3v) is 5.65. The average molecular weight is 493 g/mol. The van der Waals surface area contributed by atoms with Crippen molar-refractivity contribution in [3.63, 3.8) is 0 Å². The van der Waals surface area contributed by atoms with Gasteiger partial charge in [-0.1, -0.05) is 74.3 Å². The highest BCUT2D eigenvalue weighted by Gasteiger charge is 2.13. The van der Waals surface area contributed by atoms with Gasteiger partial charge in [0, 0.05) is 26.0 Å². The van der Waals surface area contributed by atoms with Crippen molar-refractivity contribution in [1.82, 2.24) is 0 Å². The molecule has 4 rings (SSSR count). The Morgan fingerprint density at radius 3 is 1.61 bits per heavy atom. The summed E-state index contributed by atoms with van der Waals surface area (Å²) in [6, 6.07) is 36.2. The van der Waals surface area contributed by atoms with Crippen LogP contribution in [0.5, 0.6) is 0 Å². The molecule has 4 aromatic rings. The van der Waals surface area contributed by atoms with Crippen molar-refractivity contribution in [2.24, 2.45) is 0 Å². The maximum absolute atomic E-state index is 3.54. The molecule has 0 atom stereocenters. The van der Waals surface area contributed by atoms with Crippen molar-refractivity contribution in [1.29, 1.82) is 0 Å². The van der Waals surface area contributed by atoms with Gasteiger partial charge < -0.3 is 4.90 Å². The van der Waals surface area contributed by atoms with Gasteiger partial charge in [0.05, 0.1) is 0 Å². The molecule has 0 saturated carbocycles. The van der Waals surface area contributed by atoms with E-state index >= 15 is 0 Å². The van der Waals surface area contributed by atoms with Crippen LogP contribution in [0.2, 0.25) is 0 Å². The molecule has 1 nitrogen and oxygen atoms in total. The van der Waals surface area contributed by atoms with Gasteiger partial charge in [-0.3, -0.25) is 0 Å². The maximum atomic E-state index is 3.54. The highest BCUT2D eigenvalue weighted by Crippen LogP contribution is 2.36. The lowest BCUT2D eigenvalue weighted by atomic mass is 10.0. The summed E-state index contributed by atoms with van der Waals surface area (Å²) in [5.41, 5.74) is 6.02. The van der Waals surface area contributed by atoms with Crippen molar-refractivity contribution < 1.29 is 0 Å². The van der Waals surface area contributed by atoms with Crippen LogP contribution in [0.3, 0.4) is 0 Å². The van der Waals surface area contributed by atoms with E-state index in [1.807, 2.05) is 0 Å². The normalized spacial score (nSPS) is 10.6. The lowest BCUT2D eigenvalue weighted by Crippen LogP contribution is -2.10. The third-order valence-electron chi connectivity index (χ3n) is 4.59. The van der Waals surface area contributed by atoms with Crippen LogP contribution in [0.15, 0.2) is 112 Å². The minimum Gasteiger partial charge on any atom is -0.310 e. The van der Waals surface area contributed by atoms with E-state index in [9.17, 15) is 0 Å². The number of rotatable bonds is 5. The van der Waals surface area contributed by atoms with Gasteiger partial charge in [-0.25, -0.2) is 0 Å². The number of benzene rings is 4. The van der Waals surface area contributed by atoms with Gasteiger partial charge in [-0.05, 0) is 78.2 Å². The van der Waals surface area contributed by atoms with Gasteiger partial charge in [-0.2, -0.15) is 0 Å². The van der Waals surface area contributed by atoms with Gasteiger partial charge in [0.1, 0.15) is 0 Å². The summed E-state index contributed by atoms with van der Waals surface area (Å²) in [5.74, 6) is 0. The van der Waals surface area contributed by atoms with Gasteiger partial charge in [-0.15, -0.1) is 0 Å². The SMILES string of the molecule is Brc1ccc(N(c2ccc(Br)cc2)c2cccc(Cc3ccccc3)c2)cc1. The number of anilines is 3. The summed E-state index contributed by atoms with van der Waals surface area (Å²) in [6.07, 6.45) is 0.920. The molecule has 0 spiro atoms. The Bertz CT molecular complexity index is 996. The second kappa shape index (κ2) is 8.76. The van der Waals surface area contributed by atoms with Crippen molar-refractivity contribution in [2.75, 3.05) is 4.90 Å². The number of nitrogens with zero attached hydrogens (tertiary/aromatic N) is 1. The van der Waals surface area contributed by atoms with Gasteiger partial charge in [0.25, 0.3) is 0 Å². The first-order chi connectivity index (χ1) is 13.7. The van der Waals surface area contributed by atoms with Crippen LogP contribution >= 0.6 is 31.9 Å². The second-order valence-electron chi connectivity index (χ2n) is 6.62. The summed E-state index contributed by atoms with van der Waals surface area (Å²) in [7, 11) is 0. The molecule has 4 aromatic carbocycles.